The highest BCUT2D eigenvalue weighted by Crippen LogP contribution is 2.05. The third kappa shape index (κ3) is 3.94. The zero-order valence-electron chi connectivity index (χ0n) is 10.2. The molecule has 1 amide bonds. The smallest absolute Gasteiger partial charge is 0.252 e. The molecule has 1 aromatic rings. The number of hydrogen-bond donors (Lipinski definition) is 1. The van der Waals surface area contributed by atoms with Gasteiger partial charge in [-0.1, -0.05) is 6.92 Å². The lowest BCUT2D eigenvalue weighted by atomic mass is 10.2. The van der Waals surface area contributed by atoms with Crippen molar-refractivity contribution in [2.75, 3.05) is 20.1 Å². The maximum atomic E-state index is 11.6. The topological polar surface area (TPSA) is 32.3 Å². The van der Waals surface area contributed by atoms with Crippen LogP contribution in [0.4, 0.5) is 0 Å². The monoisotopic (exact) mass is 240 g/mol. The van der Waals surface area contributed by atoms with Crippen molar-refractivity contribution in [1.29, 1.82) is 0 Å². The SMILES string of the molecule is CCC(C)N(C)CCNC(=O)c1ccsc1. The summed E-state index contributed by atoms with van der Waals surface area (Å²) in [5.74, 6) is 0.0267. The van der Waals surface area contributed by atoms with E-state index >= 15 is 0 Å². The van der Waals surface area contributed by atoms with E-state index in [2.05, 4.69) is 31.1 Å². The second-order valence-corrected chi connectivity index (χ2v) is 4.79. The molecule has 1 rings (SSSR count). The molecule has 0 radical (unpaired) electrons. The zero-order chi connectivity index (χ0) is 12.0. The fraction of sp³-hybridized carbons (Fsp3) is 0.583. The summed E-state index contributed by atoms with van der Waals surface area (Å²) < 4.78 is 0. The zero-order valence-corrected chi connectivity index (χ0v) is 11.0. The van der Waals surface area contributed by atoms with Crippen molar-refractivity contribution in [2.24, 2.45) is 0 Å². The Morgan fingerprint density at radius 3 is 2.94 bits per heavy atom. The Bertz CT molecular complexity index is 311. The van der Waals surface area contributed by atoms with Crippen LogP contribution in [0.5, 0.6) is 0 Å². The Morgan fingerprint density at radius 1 is 1.62 bits per heavy atom. The lowest BCUT2D eigenvalue weighted by molar-refractivity contribution is 0.0948. The Kier molecular flexibility index (Phi) is 5.49. The maximum Gasteiger partial charge on any atom is 0.252 e. The molecule has 3 nitrogen and oxygen atoms in total. The first-order valence-electron chi connectivity index (χ1n) is 5.65. The number of rotatable bonds is 6. The summed E-state index contributed by atoms with van der Waals surface area (Å²) in [6.45, 7) is 5.96. The minimum atomic E-state index is 0.0267. The molecule has 0 spiro atoms. The first-order valence-corrected chi connectivity index (χ1v) is 6.60. The van der Waals surface area contributed by atoms with E-state index in [1.54, 1.807) is 11.3 Å². The van der Waals surface area contributed by atoms with Gasteiger partial charge in [-0.2, -0.15) is 11.3 Å². The van der Waals surface area contributed by atoms with Gasteiger partial charge in [0.15, 0.2) is 0 Å². The molecule has 0 aliphatic rings. The molecular weight excluding hydrogens is 220 g/mol. The van der Waals surface area contributed by atoms with E-state index in [1.807, 2.05) is 16.8 Å². The van der Waals surface area contributed by atoms with E-state index in [4.69, 9.17) is 0 Å². The number of nitrogens with one attached hydrogen (secondary N) is 1. The Morgan fingerprint density at radius 2 is 2.38 bits per heavy atom. The van der Waals surface area contributed by atoms with Crippen molar-refractivity contribution in [3.05, 3.63) is 22.4 Å². The molecular formula is C12H20N2OS. The maximum absolute atomic E-state index is 11.6. The largest absolute Gasteiger partial charge is 0.351 e. The minimum absolute atomic E-state index is 0.0267. The van der Waals surface area contributed by atoms with Crippen molar-refractivity contribution >= 4 is 17.2 Å². The number of hydrogen-bond acceptors (Lipinski definition) is 3. The fourth-order valence-electron chi connectivity index (χ4n) is 1.37. The molecule has 1 unspecified atom stereocenters. The van der Waals surface area contributed by atoms with Crippen LogP contribution in [0, 0.1) is 0 Å². The van der Waals surface area contributed by atoms with E-state index in [0.717, 1.165) is 18.5 Å². The van der Waals surface area contributed by atoms with Crippen molar-refractivity contribution in [3.8, 4) is 0 Å². The number of carbonyl (C=O) groups excluding carboxylic acids is 1. The van der Waals surface area contributed by atoms with Crippen LogP contribution >= 0.6 is 11.3 Å². The van der Waals surface area contributed by atoms with Crippen molar-refractivity contribution in [2.45, 2.75) is 26.3 Å². The Hall–Kier alpha value is -0.870. The molecule has 16 heavy (non-hydrogen) atoms. The van der Waals surface area contributed by atoms with Crippen LogP contribution in [0.25, 0.3) is 0 Å². The molecule has 0 fully saturated rings. The normalized spacial score (nSPS) is 12.8. The summed E-state index contributed by atoms with van der Waals surface area (Å²) in [7, 11) is 2.09. The summed E-state index contributed by atoms with van der Waals surface area (Å²) in [6, 6.07) is 2.41. The standard InChI is InChI=1S/C12H20N2OS/c1-4-10(2)14(3)7-6-13-12(15)11-5-8-16-9-11/h5,8-10H,4,6-7H2,1-3H3,(H,13,15). The van der Waals surface area contributed by atoms with Crippen molar-refractivity contribution in [3.63, 3.8) is 0 Å². The van der Waals surface area contributed by atoms with Crippen LogP contribution in [-0.2, 0) is 0 Å². The van der Waals surface area contributed by atoms with Gasteiger partial charge in [0.1, 0.15) is 0 Å². The predicted octanol–water partition coefficient (Wildman–Crippen LogP) is 2.21. The van der Waals surface area contributed by atoms with Gasteiger partial charge in [0.2, 0.25) is 0 Å². The summed E-state index contributed by atoms with van der Waals surface area (Å²) in [4.78, 5) is 13.9. The molecule has 0 saturated carbocycles. The van der Waals surface area contributed by atoms with Gasteiger partial charge in [-0.25, -0.2) is 0 Å². The second-order valence-electron chi connectivity index (χ2n) is 4.01. The molecule has 0 aliphatic heterocycles. The van der Waals surface area contributed by atoms with Gasteiger partial charge in [0, 0.05) is 30.1 Å². The number of likely N-dealkylation sites (N-methyl/N-ethyl adjacent to an activating group) is 1. The van der Waals surface area contributed by atoms with Crippen LogP contribution in [-0.4, -0.2) is 37.0 Å². The molecule has 1 aromatic heterocycles. The quantitative estimate of drug-likeness (QED) is 0.827. The van der Waals surface area contributed by atoms with Crippen LogP contribution in [0.2, 0.25) is 0 Å². The molecule has 1 heterocycles. The average molecular weight is 240 g/mol. The summed E-state index contributed by atoms with van der Waals surface area (Å²) in [6.07, 6.45) is 1.13. The first kappa shape index (κ1) is 13.2. The van der Waals surface area contributed by atoms with E-state index < -0.39 is 0 Å². The third-order valence-electron chi connectivity index (χ3n) is 2.88. The lowest BCUT2D eigenvalue weighted by Crippen LogP contribution is -2.36. The van der Waals surface area contributed by atoms with Gasteiger partial charge < -0.3 is 10.2 Å². The molecule has 0 aromatic carbocycles. The van der Waals surface area contributed by atoms with Gasteiger partial charge in [-0.15, -0.1) is 0 Å². The summed E-state index contributed by atoms with van der Waals surface area (Å²) in [5, 5.41) is 6.71. The van der Waals surface area contributed by atoms with Gasteiger partial charge in [0.25, 0.3) is 5.91 Å². The highest BCUT2D eigenvalue weighted by Gasteiger charge is 2.08. The lowest BCUT2D eigenvalue weighted by Gasteiger charge is -2.23. The van der Waals surface area contributed by atoms with Crippen LogP contribution in [0.15, 0.2) is 16.8 Å². The first-order chi connectivity index (χ1) is 7.65. The molecule has 1 N–H and O–H groups in total. The Balaban J connectivity index is 2.23. The molecule has 0 saturated heterocycles. The van der Waals surface area contributed by atoms with Crippen LogP contribution < -0.4 is 5.32 Å². The van der Waals surface area contributed by atoms with Crippen LogP contribution in [0.1, 0.15) is 30.6 Å². The van der Waals surface area contributed by atoms with Crippen molar-refractivity contribution < 1.29 is 4.79 Å². The van der Waals surface area contributed by atoms with E-state index in [9.17, 15) is 4.79 Å². The molecule has 90 valence electrons. The molecule has 0 bridgehead atoms. The minimum Gasteiger partial charge on any atom is -0.351 e. The van der Waals surface area contributed by atoms with Gasteiger partial charge >= 0.3 is 0 Å². The highest BCUT2D eigenvalue weighted by molar-refractivity contribution is 7.08. The average Bonchev–Trinajstić information content (AvgIpc) is 2.81. The van der Waals surface area contributed by atoms with E-state index in [1.165, 1.54) is 0 Å². The fourth-order valence-corrected chi connectivity index (χ4v) is 2.01. The Labute approximate surface area is 101 Å². The van der Waals surface area contributed by atoms with E-state index in [0.29, 0.717) is 12.6 Å². The van der Waals surface area contributed by atoms with E-state index in [-0.39, 0.29) is 5.91 Å². The van der Waals surface area contributed by atoms with Gasteiger partial charge in [-0.05, 0) is 31.8 Å². The summed E-state index contributed by atoms with van der Waals surface area (Å²) in [5.41, 5.74) is 0.760. The number of nitrogens with zero attached hydrogens (tertiary/aromatic N) is 1. The van der Waals surface area contributed by atoms with Gasteiger partial charge in [0.05, 0.1) is 0 Å². The third-order valence-corrected chi connectivity index (χ3v) is 3.56. The van der Waals surface area contributed by atoms with Gasteiger partial charge in [-0.3, -0.25) is 4.79 Å². The number of amides is 1. The predicted molar refractivity (Wildman–Crippen MR) is 69.0 cm³/mol. The molecule has 0 aliphatic carbocycles. The number of thiophene rings is 1. The highest BCUT2D eigenvalue weighted by atomic mass is 32.1. The summed E-state index contributed by atoms with van der Waals surface area (Å²) >= 11 is 1.54. The van der Waals surface area contributed by atoms with Crippen LogP contribution in [0.3, 0.4) is 0 Å². The number of carbonyl (C=O) groups is 1. The molecule has 1 atom stereocenters. The molecule has 4 heteroatoms. The second kappa shape index (κ2) is 6.66. The van der Waals surface area contributed by atoms with Crippen molar-refractivity contribution in [1.82, 2.24) is 10.2 Å².